The molecule has 3 rings (SSSR count). The monoisotopic (exact) mass is 382 g/mol. The molecule has 0 aliphatic carbocycles. The van der Waals surface area contributed by atoms with E-state index >= 15 is 0 Å². The van der Waals surface area contributed by atoms with Gasteiger partial charge in [-0.1, -0.05) is 36.4 Å². The first-order chi connectivity index (χ1) is 13.5. The minimum atomic E-state index is -0.913. The van der Waals surface area contributed by atoms with Gasteiger partial charge in [0.2, 0.25) is 0 Å². The topological polar surface area (TPSA) is 105 Å². The summed E-state index contributed by atoms with van der Waals surface area (Å²) in [6, 6.07) is 13.8. The Morgan fingerprint density at radius 2 is 1.89 bits per heavy atom. The van der Waals surface area contributed by atoms with Crippen molar-refractivity contribution >= 4 is 23.5 Å². The van der Waals surface area contributed by atoms with Crippen molar-refractivity contribution in [2.75, 3.05) is 11.9 Å². The van der Waals surface area contributed by atoms with Crippen LogP contribution in [-0.4, -0.2) is 35.5 Å². The van der Waals surface area contributed by atoms with E-state index in [4.69, 9.17) is 9.84 Å². The van der Waals surface area contributed by atoms with Crippen molar-refractivity contribution in [1.82, 2.24) is 5.32 Å². The van der Waals surface area contributed by atoms with E-state index in [1.165, 1.54) is 0 Å². The number of benzene rings is 2. The Kier molecular flexibility index (Phi) is 6.26. The van der Waals surface area contributed by atoms with Gasteiger partial charge in [0, 0.05) is 18.9 Å². The van der Waals surface area contributed by atoms with Gasteiger partial charge in [-0.15, -0.1) is 0 Å². The number of anilines is 1. The van der Waals surface area contributed by atoms with Crippen molar-refractivity contribution in [3.63, 3.8) is 0 Å². The lowest BCUT2D eigenvalue weighted by Gasteiger charge is -2.22. The number of rotatable bonds is 7. The Balaban J connectivity index is 1.69. The van der Waals surface area contributed by atoms with Gasteiger partial charge in [0.05, 0.1) is 17.9 Å². The molecule has 3 N–H and O–H groups in total. The van der Waals surface area contributed by atoms with E-state index in [2.05, 4.69) is 10.6 Å². The predicted octanol–water partition coefficient (Wildman–Crippen LogP) is 3.25. The molecule has 1 heterocycles. The van der Waals surface area contributed by atoms with E-state index in [9.17, 15) is 14.4 Å². The number of aliphatic carboxylic acids is 1. The van der Waals surface area contributed by atoms with Crippen LogP contribution in [0.25, 0.3) is 0 Å². The molecule has 0 saturated heterocycles. The molecule has 0 saturated carbocycles. The summed E-state index contributed by atoms with van der Waals surface area (Å²) in [6.45, 7) is 0.279. The first kappa shape index (κ1) is 19.4. The number of carboxylic acids is 1. The van der Waals surface area contributed by atoms with Gasteiger partial charge < -0.3 is 20.5 Å². The minimum absolute atomic E-state index is 0.0197. The van der Waals surface area contributed by atoms with Crippen molar-refractivity contribution in [2.45, 2.75) is 31.7 Å². The van der Waals surface area contributed by atoms with Crippen LogP contribution >= 0.6 is 0 Å². The van der Waals surface area contributed by atoms with E-state index < -0.39 is 12.0 Å². The van der Waals surface area contributed by atoms with E-state index in [-0.39, 0.29) is 24.9 Å². The van der Waals surface area contributed by atoms with Gasteiger partial charge in [-0.05, 0) is 30.5 Å². The molecular weight excluding hydrogens is 360 g/mol. The van der Waals surface area contributed by atoms with Gasteiger partial charge >= 0.3 is 12.0 Å². The standard InChI is InChI=1S/C21H22N2O5/c24-18-11-12-28-20-16(18)7-4-8-17(20)23-21(27)22-15(9-10-19(25)26)13-14-5-2-1-3-6-14/h1-8,15H,9-13H2,(H,25,26)(H2,22,23,27). The summed E-state index contributed by atoms with van der Waals surface area (Å²) in [5.41, 5.74) is 1.87. The van der Waals surface area contributed by atoms with Gasteiger partial charge in [0.25, 0.3) is 0 Å². The summed E-state index contributed by atoms with van der Waals surface area (Å²) >= 11 is 0. The van der Waals surface area contributed by atoms with Crippen molar-refractivity contribution in [2.24, 2.45) is 0 Å². The fourth-order valence-corrected chi connectivity index (χ4v) is 3.16. The number of hydrogen-bond acceptors (Lipinski definition) is 4. The number of fused-ring (bicyclic) bond motifs is 1. The predicted molar refractivity (Wildman–Crippen MR) is 104 cm³/mol. The summed E-state index contributed by atoms with van der Waals surface area (Å²) in [5, 5.41) is 14.5. The third kappa shape index (κ3) is 5.09. The summed E-state index contributed by atoms with van der Waals surface area (Å²) < 4.78 is 5.56. The summed E-state index contributed by atoms with van der Waals surface area (Å²) in [5.74, 6) is -0.558. The van der Waals surface area contributed by atoms with E-state index in [1.807, 2.05) is 30.3 Å². The van der Waals surface area contributed by atoms with Gasteiger partial charge in [-0.2, -0.15) is 0 Å². The zero-order chi connectivity index (χ0) is 19.9. The largest absolute Gasteiger partial charge is 0.490 e. The van der Waals surface area contributed by atoms with Crippen LogP contribution < -0.4 is 15.4 Å². The van der Waals surface area contributed by atoms with Crippen LogP contribution in [0.5, 0.6) is 5.75 Å². The van der Waals surface area contributed by atoms with Crippen LogP contribution in [0.1, 0.15) is 35.2 Å². The molecule has 7 heteroatoms. The maximum Gasteiger partial charge on any atom is 0.319 e. The highest BCUT2D eigenvalue weighted by Crippen LogP contribution is 2.32. The fourth-order valence-electron chi connectivity index (χ4n) is 3.16. The molecule has 7 nitrogen and oxygen atoms in total. The molecule has 0 fully saturated rings. The minimum Gasteiger partial charge on any atom is -0.490 e. The quantitative estimate of drug-likeness (QED) is 0.682. The van der Waals surface area contributed by atoms with Gasteiger partial charge in [-0.25, -0.2) is 4.79 Å². The SMILES string of the molecule is O=C(O)CCC(Cc1ccccc1)NC(=O)Nc1cccc2c1OCCC2=O. The number of ether oxygens (including phenoxy) is 1. The molecule has 2 aromatic carbocycles. The van der Waals surface area contributed by atoms with Crippen LogP contribution in [0, 0.1) is 0 Å². The Labute approximate surface area is 162 Å². The number of carbonyl (C=O) groups excluding carboxylic acids is 2. The summed E-state index contributed by atoms with van der Waals surface area (Å²) in [4.78, 5) is 35.5. The number of nitrogens with one attached hydrogen (secondary N) is 2. The average molecular weight is 382 g/mol. The molecule has 0 spiro atoms. The maximum absolute atomic E-state index is 12.5. The van der Waals surface area contributed by atoms with E-state index in [0.29, 0.717) is 36.3 Å². The molecule has 2 aromatic rings. The Bertz CT molecular complexity index is 866. The Morgan fingerprint density at radius 3 is 2.64 bits per heavy atom. The summed E-state index contributed by atoms with van der Waals surface area (Å²) in [6.07, 6.45) is 1.09. The number of para-hydroxylation sites is 1. The number of ketones is 1. The normalized spacial score (nSPS) is 13.8. The molecule has 1 aliphatic rings. The third-order valence-electron chi connectivity index (χ3n) is 4.51. The molecule has 0 radical (unpaired) electrons. The second-order valence-electron chi connectivity index (χ2n) is 6.62. The molecule has 1 aliphatic heterocycles. The van der Waals surface area contributed by atoms with E-state index in [0.717, 1.165) is 5.56 Å². The lowest BCUT2D eigenvalue weighted by Crippen LogP contribution is -2.39. The number of Topliss-reactive ketones (excluding diaryl/α,β-unsaturated/α-hetero) is 1. The van der Waals surface area contributed by atoms with Crippen LogP contribution in [0.15, 0.2) is 48.5 Å². The second kappa shape index (κ2) is 9.03. The van der Waals surface area contributed by atoms with Crippen LogP contribution in [0.2, 0.25) is 0 Å². The van der Waals surface area contributed by atoms with Gasteiger partial charge in [0.1, 0.15) is 0 Å². The Morgan fingerprint density at radius 1 is 1.11 bits per heavy atom. The van der Waals surface area contributed by atoms with Gasteiger partial charge in [0.15, 0.2) is 11.5 Å². The smallest absolute Gasteiger partial charge is 0.319 e. The number of urea groups is 1. The first-order valence-electron chi connectivity index (χ1n) is 9.15. The zero-order valence-electron chi connectivity index (χ0n) is 15.3. The lowest BCUT2D eigenvalue weighted by molar-refractivity contribution is -0.137. The molecule has 1 unspecified atom stereocenters. The van der Waals surface area contributed by atoms with Crippen molar-refractivity contribution in [3.05, 3.63) is 59.7 Å². The molecule has 146 valence electrons. The highest BCUT2D eigenvalue weighted by Gasteiger charge is 2.22. The van der Waals surface area contributed by atoms with Crippen LogP contribution in [0.3, 0.4) is 0 Å². The van der Waals surface area contributed by atoms with Crippen LogP contribution in [0.4, 0.5) is 10.5 Å². The summed E-state index contributed by atoms with van der Waals surface area (Å²) in [7, 11) is 0. The number of carboxylic acid groups (broad SMARTS) is 1. The highest BCUT2D eigenvalue weighted by molar-refractivity contribution is 6.03. The third-order valence-corrected chi connectivity index (χ3v) is 4.51. The van der Waals surface area contributed by atoms with Crippen molar-refractivity contribution in [3.8, 4) is 5.75 Å². The molecule has 1 atom stereocenters. The fraction of sp³-hybridized carbons (Fsp3) is 0.286. The first-order valence-corrected chi connectivity index (χ1v) is 9.15. The van der Waals surface area contributed by atoms with Gasteiger partial charge in [-0.3, -0.25) is 9.59 Å². The lowest BCUT2D eigenvalue weighted by atomic mass is 10.0. The van der Waals surface area contributed by atoms with Crippen molar-refractivity contribution in [1.29, 1.82) is 0 Å². The average Bonchev–Trinajstić information content (AvgIpc) is 2.68. The van der Waals surface area contributed by atoms with E-state index in [1.54, 1.807) is 18.2 Å². The number of amides is 2. The molecule has 2 amide bonds. The Hall–Kier alpha value is -3.35. The number of hydrogen-bond donors (Lipinski definition) is 3. The molecule has 0 bridgehead atoms. The molecular formula is C21H22N2O5. The second-order valence-corrected chi connectivity index (χ2v) is 6.62. The highest BCUT2D eigenvalue weighted by atomic mass is 16.5. The number of carbonyl (C=O) groups is 3. The molecule has 28 heavy (non-hydrogen) atoms. The zero-order valence-corrected chi connectivity index (χ0v) is 15.3. The van der Waals surface area contributed by atoms with Crippen molar-refractivity contribution < 1.29 is 24.2 Å². The van der Waals surface area contributed by atoms with Crippen LogP contribution in [-0.2, 0) is 11.2 Å². The maximum atomic E-state index is 12.5. The molecule has 0 aromatic heterocycles.